The number of rotatable bonds is 9. The first-order valence-corrected chi connectivity index (χ1v) is 11.7. The van der Waals surface area contributed by atoms with Gasteiger partial charge in [-0.25, -0.2) is 9.67 Å². The summed E-state index contributed by atoms with van der Waals surface area (Å²) in [7, 11) is 3.50. The van der Waals surface area contributed by atoms with Gasteiger partial charge in [-0.1, -0.05) is 13.8 Å². The van der Waals surface area contributed by atoms with Crippen LogP contribution in [0.5, 0.6) is 5.88 Å². The Bertz CT molecular complexity index is 897. The molecule has 1 saturated heterocycles. The smallest absolute Gasteiger partial charge is 0.242 e. The van der Waals surface area contributed by atoms with Gasteiger partial charge in [0, 0.05) is 38.8 Å². The highest BCUT2D eigenvalue weighted by Crippen LogP contribution is 2.30. The molecule has 0 bridgehead atoms. The van der Waals surface area contributed by atoms with Crippen molar-refractivity contribution in [1.82, 2.24) is 25.0 Å². The Labute approximate surface area is 186 Å². The van der Waals surface area contributed by atoms with E-state index in [0.29, 0.717) is 18.7 Å². The van der Waals surface area contributed by atoms with E-state index >= 15 is 0 Å². The minimum atomic E-state index is 0.109. The monoisotopic (exact) mass is 429 g/mol. The van der Waals surface area contributed by atoms with Crippen LogP contribution in [0.2, 0.25) is 0 Å². The highest BCUT2D eigenvalue weighted by Gasteiger charge is 2.21. The van der Waals surface area contributed by atoms with Crippen molar-refractivity contribution < 1.29 is 9.53 Å². The van der Waals surface area contributed by atoms with E-state index in [4.69, 9.17) is 9.72 Å². The molecule has 7 nitrogen and oxygen atoms in total. The normalized spacial score (nSPS) is 19.7. The second-order valence-corrected chi connectivity index (χ2v) is 9.39. The summed E-state index contributed by atoms with van der Waals surface area (Å²) in [6.45, 7) is 13.1. The predicted octanol–water partition coefficient (Wildman–Crippen LogP) is 3.40. The van der Waals surface area contributed by atoms with Crippen molar-refractivity contribution in [2.45, 2.75) is 59.8 Å². The number of carbonyl (C=O) groups is 1. The maximum absolute atomic E-state index is 12.4. The van der Waals surface area contributed by atoms with Crippen LogP contribution in [0.25, 0.3) is 11.0 Å². The maximum atomic E-state index is 12.4. The molecule has 0 spiro atoms. The van der Waals surface area contributed by atoms with Crippen LogP contribution in [0.3, 0.4) is 0 Å². The molecular formula is C24H39N5O2. The molecule has 2 unspecified atom stereocenters. The molecule has 2 aromatic heterocycles. The average molecular weight is 430 g/mol. The van der Waals surface area contributed by atoms with E-state index in [1.165, 1.54) is 19.5 Å². The molecular weight excluding hydrogens is 390 g/mol. The van der Waals surface area contributed by atoms with Gasteiger partial charge in [-0.2, -0.15) is 0 Å². The van der Waals surface area contributed by atoms with E-state index in [-0.39, 0.29) is 5.91 Å². The molecule has 1 N–H and O–H groups in total. The van der Waals surface area contributed by atoms with Crippen LogP contribution in [0.4, 0.5) is 0 Å². The second-order valence-electron chi connectivity index (χ2n) is 9.39. The molecule has 3 rings (SSSR count). The SMILES string of the molecule is COc1nn(C)c2nc(C)c(CCC(=O)NCCCCN3CC(C)CC(C)C3)c(C)c12. The zero-order valence-electron chi connectivity index (χ0n) is 20.1. The number of aryl methyl sites for hydroxylation is 3. The van der Waals surface area contributed by atoms with E-state index in [1.807, 2.05) is 14.0 Å². The van der Waals surface area contributed by atoms with Gasteiger partial charge in [0.15, 0.2) is 5.65 Å². The molecule has 1 aliphatic rings. The standard InChI is InChI=1S/C24H39N5O2/c1-16-13-17(2)15-29(14-16)12-8-7-11-25-21(30)10-9-20-18(3)22-23(26-19(20)4)28(5)27-24(22)31-6/h16-17H,7-15H2,1-6H3,(H,25,30). The Hall–Kier alpha value is -2.15. The number of hydrogen-bond acceptors (Lipinski definition) is 5. The van der Waals surface area contributed by atoms with Crippen LogP contribution in [0.15, 0.2) is 0 Å². The number of piperidine rings is 1. The second kappa shape index (κ2) is 10.4. The van der Waals surface area contributed by atoms with Crippen LogP contribution < -0.4 is 10.1 Å². The van der Waals surface area contributed by atoms with E-state index < -0.39 is 0 Å². The number of amides is 1. The average Bonchev–Trinajstić information content (AvgIpc) is 3.02. The number of likely N-dealkylation sites (tertiary alicyclic amines) is 1. The third kappa shape index (κ3) is 5.76. The molecule has 1 fully saturated rings. The van der Waals surface area contributed by atoms with Gasteiger partial charge in [0.05, 0.1) is 12.5 Å². The zero-order valence-corrected chi connectivity index (χ0v) is 20.1. The Morgan fingerprint density at radius 1 is 1.19 bits per heavy atom. The molecule has 2 atom stereocenters. The number of hydrogen-bond donors (Lipinski definition) is 1. The summed E-state index contributed by atoms with van der Waals surface area (Å²) in [5, 5.41) is 8.42. The molecule has 0 aliphatic carbocycles. The number of fused-ring (bicyclic) bond motifs is 1. The number of nitrogens with one attached hydrogen (secondary N) is 1. The largest absolute Gasteiger partial charge is 0.479 e. The lowest BCUT2D eigenvalue weighted by Gasteiger charge is -2.34. The van der Waals surface area contributed by atoms with Gasteiger partial charge in [0.25, 0.3) is 0 Å². The van der Waals surface area contributed by atoms with Crippen molar-refractivity contribution in [2.24, 2.45) is 18.9 Å². The number of pyridine rings is 1. The fraction of sp³-hybridized carbons (Fsp3) is 0.708. The molecule has 31 heavy (non-hydrogen) atoms. The van der Waals surface area contributed by atoms with Crippen molar-refractivity contribution in [2.75, 3.05) is 33.3 Å². The first-order chi connectivity index (χ1) is 14.8. The summed E-state index contributed by atoms with van der Waals surface area (Å²) in [6.07, 6.45) is 4.66. The van der Waals surface area contributed by atoms with Gasteiger partial charge < -0.3 is 15.0 Å². The zero-order chi connectivity index (χ0) is 22.5. The van der Waals surface area contributed by atoms with Gasteiger partial charge in [-0.3, -0.25) is 4.79 Å². The summed E-state index contributed by atoms with van der Waals surface area (Å²) in [5.74, 6) is 2.30. The molecule has 1 aliphatic heterocycles. The van der Waals surface area contributed by atoms with E-state index in [0.717, 1.165) is 65.6 Å². The molecule has 172 valence electrons. The quantitative estimate of drug-likeness (QED) is 0.619. The predicted molar refractivity (Wildman–Crippen MR) is 124 cm³/mol. The third-order valence-electron chi connectivity index (χ3n) is 6.49. The van der Waals surface area contributed by atoms with Crippen LogP contribution in [0, 0.1) is 25.7 Å². The number of aromatic nitrogens is 3. The lowest BCUT2D eigenvalue weighted by atomic mass is 9.92. The lowest BCUT2D eigenvalue weighted by molar-refractivity contribution is -0.121. The first kappa shape index (κ1) is 23.5. The maximum Gasteiger partial charge on any atom is 0.242 e. The van der Waals surface area contributed by atoms with Crippen molar-refractivity contribution in [3.8, 4) is 5.88 Å². The number of ether oxygens (including phenoxy) is 1. The molecule has 7 heteroatoms. The Balaban J connectivity index is 1.45. The molecule has 0 aromatic carbocycles. The van der Waals surface area contributed by atoms with E-state index in [1.54, 1.807) is 11.8 Å². The molecule has 0 radical (unpaired) electrons. The lowest BCUT2D eigenvalue weighted by Crippen LogP contribution is -2.39. The fourth-order valence-electron chi connectivity index (χ4n) is 5.10. The summed E-state index contributed by atoms with van der Waals surface area (Å²) in [6, 6.07) is 0. The van der Waals surface area contributed by atoms with Crippen molar-refractivity contribution in [1.29, 1.82) is 0 Å². The van der Waals surface area contributed by atoms with Gasteiger partial charge in [0.2, 0.25) is 11.8 Å². The fourth-order valence-corrected chi connectivity index (χ4v) is 5.10. The van der Waals surface area contributed by atoms with Crippen molar-refractivity contribution in [3.05, 3.63) is 16.8 Å². The third-order valence-corrected chi connectivity index (χ3v) is 6.49. The molecule has 1 amide bonds. The number of unbranched alkanes of at least 4 members (excludes halogenated alkanes) is 1. The highest BCUT2D eigenvalue weighted by atomic mass is 16.5. The first-order valence-electron chi connectivity index (χ1n) is 11.7. The van der Waals surface area contributed by atoms with Crippen molar-refractivity contribution in [3.63, 3.8) is 0 Å². The molecule has 3 heterocycles. The number of methoxy groups -OCH3 is 1. The molecule has 0 saturated carbocycles. The van der Waals surface area contributed by atoms with E-state index in [2.05, 4.69) is 36.1 Å². The summed E-state index contributed by atoms with van der Waals surface area (Å²) >= 11 is 0. The topological polar surface area (TPSA) is 72.3 Å². The molecule has 2 aromatic rings. The minimum Gasteiger partial charge on any atom is -0.479 e. The summed E-state index contributed by atoms with van der Waals surface area (Å²) in [5.41, 5.74) is 3.98. The van der Waals surface area contributed by atoms with Gasteiger partial charge in [-0.05, 0) is 69.0 Å². The van der Waals surface area contributed by atoms with Gasteiger partial charge >= 0.3 is 0 Å². The Morgan fingerprint density at radius 3 is 2.58 bits per heavy atom. The summed E-state index contributed by atoms with van der Waals surface area (Å²) < 4.78 is 7.17. The van der Waals surface area contributed by atoms with Crippen LogP contribution in [0.1, 0.15) is 56.4 Å². The van der Waals surface area contributed by atoms with Gasteiger partial charge in [0.1, 0.15) is 0 Å². The van der Waals surface area contributed by atoms with Crippen LogP contribution in [-0.4, -0.2) is 58.9 Å². The van der Waals surface area contributed by atoms with Crippen LogP contribution in [-0.2, 0) is 18.3 Å². The minimum absolute atomic E-state index is 0.109. The number of nitrogens with zero attached hydrogens (tertiary/aromatic N) is 4. The van der Waals surface area contributed by atoms with Crippen LogP contribution >= 0.6 is 0 Å². The highest BCUT2D eigenvalue weighted by molar-refractivity contribution is 5.86. The Morgan fingerprint density at radius 2 is 1.90 bits per heavy atom. The van der Waals surface area contributed by atoms with Gasteiger partial charge in [-0.15, -0.1) is 5.10 Å². The summed E-state index contributed by atoms with van der Waals surface area (Å²) in [4.78, 5) is 19.7. The van der Waals surface area contributed by atoms with E-state index in [9.17, 15) is 4.79 Å². The van der Waals surface area contributed by atoms with Crippen molar-refractivity contribution >= 4 is 16.9 Å². The number of carbonyl (C=O) groups excluding carboxylic acids is 1. The Kier molecular flexibility index (Phi) is 7.92.